The van der Waals surface area contributed by atoms with Crippen LogP contribution in [-0.2, 0) is 0 Å². The molecule has 1 aliphatic rings. The SMILES string of the molecule is CC1=CC(F)CCC(C)=C1. The Morgan fingerprint density at radius 3 is 2.90 bits per heavy atom. The average Bonchev–Trinajstić information content (AvgIpc) is 1.93. The van der Waals surface area contributed by atoms with Crippen LogP contribution in [0.4, 0.5) is 4.39 Å². The van der Waals surface area contributed by atoms with Crippen molar-refractivity contribution in [2.75, 3.05) is 0 Å². The van der Waals surface area contributed by atoms with E-state index >= 15 is 0 Å². The van der Waals surface area contributed by atoms with Crippen LogP contribution in [0.5, 0.6) is 0 Å². The molecule has 0 saturated heterocycles. The zero-order valence-electron chi connectivity index (χ0n) is 6.52. The summed E-state index contributed by atoms with van der Waals surface area (Å²) in [6.45, 7) is 4.00. The number of rotatable bonds is 0. The Kier molecular flexibility index (Phi) is 2.25. The Morgan fingerprint density at radius 1 is 1.50 bits per heavy atom. The molecule has 1 heteroatoms. The van der Waals surface area contributed by atoms with Crippen LogP contribution in [0.2, 0.25) is 0 Å². The molecule has 1 rings (SSSR count). The predicted octanol–water partition coefficient (Wildman–Crippen LogP) is 3.01. The maximum absolute atomic E-state index is 12.8. The minimum Gasteiger partial charge on any atom is -0.243 e. The van der Waals surface area contributed by atoms with E-state index in [4.69, 9.17) is 0 Å². The van der Waals surface area contributed by atoms with Crippen molar-refractivity contribution in [1.29, 1.82) is 0 Å². The normalized spacial score (nSPS) is 26.9. The highest BCUT2D eigenvalue weighted by molar-refractivity contribution is 5.24. The number of allylic oxidation sites excluding steroid dienone is 4. The lowest BCUT2D eigenvalue weighted by molar-refractivity contribution is 0.379. The van der Waals surface area contributed by atoms with Gasteiger partial charge in [-0.25, -0.2) is 4.39 Å². The van der Waals surface area contributed by atoms with Gasteiger partial charge in [0.2, 0.25) is 0 Å². The zero-order valence-corrected chi connectivity index (χ0v) is 6.52. The van der Waals surface area contributed by atoms with Crippen LogP contribution < -0.4 is 0 Å². The first-order valence-electron chi connectivity index (χ1n) is 3.68. The topological polar surface area (TPSA) is 0 Å². The Labute approximate surface area is 61.4 Å². The fourth-order valence-corrected chi connectivity index (χ4v) is 1.24. The smallest absolute Gasteiger partial charge is 0.119 e. The molecule has 0 aromatic rings. The highest BCUT2D eigenvalue weighted by atomic mass is 19.1. The van der Waals surface area contributed by atoms with Gasteiger partial charge in [-0.2, -0.15) is 0 Å². The van der Waals surface area contributed by atoms with E-state index in [1.165, 1.54) is 5.57 Å². The summed E-state index contributed by atoms with van der Waals surface area (Å²) >= 11 is 0. The molecule has 0 heterocycles. The molecule has 0 saturated carbocycles. The predicted molar refractivity (Wildman–Crippen MR) is 41.6 cm³/mol. The number of hydrogen-bond acceptors (Lipinski definition) is 0. The van der Waals surface area contributed by atoms with E-state index < -0.39 is 6.17 Å². The van der Waals surface area contributed by atoms with Gasteiger partial charge in [0, 0.05) is 0 Å². The molecule has 0 nitrogen and oxygen atoms in total. The van der Waals surface area contributed by atoms with Gasteiger partial charge in [0.1, 0.15) is 6.17 Å². The summed E-state index contributed by atoms with van der Waals surface area (Å²) in [6.07, 6.45) is 4.57. The molecule has 0 radical (unpaired) electrons. The van der Waals surface area contributed by atoms with Gasteiger partial charge in [-0.3, -0.25) is 0 Å². The van der Waals surface area contributed by atoms with Crippen molar-refractivity contribution in [2.24, 2.45) is 0 Å². The molecule has 0 aromatic heterocycles. The summed E-state index contributed by atoms with van der Waals surface area (Å²) in [5, 5.41) is 0. The van der Waals surface area contributed by atoms with Crippen LogP contribution in [-0.4, -0.2) is 6.17 Å². The van der Waals surface area contributed by atoms with E-state index in [-0.39, 0.29) is 0 Å². The van der Waals surface area contributed by atoms with Gasteiger partial charge in [-0.1, -0.05) is 17.2 Å². The lowest BCUT2D eigenvalue weighted by Crippen LogP contribution is -1.92. The minimum absolute atomic E-state index is 0.652. The van der Waals surface area contributed by atoms with Crippen LogP contribution in [0.15, 0.2) is 23.3 Å². The number of alkyl halides is 1. The molecule has 1 atom stereocenters. The van der Waals surface area contributed by atoms with E-state index in [9.17, 15) is 4.39 Å². The number of halogens is 1. The minimum atomic E-state index is -0.728. The molecule has 0 N–H and O–H groups in total. The van der Waals surface area contributed by atoms with Crippen molar-refractivity contribution in [3.8, 4) is 0 Å². The third-order valence-electron chi connectivity index (χ3n) is 1.73. The average molecular weight is 140 g/mol. The summed E-state index contributed by atoms with van der Waals surface area (Å²) in [6, 6.07) is 0. The maximum Gasteiger partial charge on any atom is 0.119 e. The second-order valence-corrected chi connectivity index (χ2v) is 2.96. The second kappa shape index (κ2) is 3.00. The number of hydrogen-bond donors (Lipinski definition) is 0. The molecule has 0 aliphatic heterocycles. The van der Waals surface area contributed by atoms with Gasteiger partial charge in [0.15, 0.2) is 0 Å². The van der Waals surface area contributed by atoms with E-state index in [1.807, 2.05) is 6.92 Å². The van der Waals surface area contributed by atoms with Crippen molar-refractivity contribution < 1.29 is 4.39 Å². The Hall–Kier alpha value is -0.590. The van der Waals surface area contributed by atoms with Crippen LogP contribution >= 0.6 is 0 Å². The largest absolute Gasteiger partial charge is 0.243 e. The van der Waals surface area contributed by atoms with Crippen molar-refractivity contribution in [1.82, 2.24) is 0 Å². The molecule has 0 spiro atoms. The van der Waals surface area contributed by atoms with Gasteiger partial charge < -0.3 is 0 Å². The third kappa shape index (κ3) is 1.98. The summed E-state index contributed by atoms with van der Waals surface area (Å²) < 4.78 is 12.8. The van der Waals surface area contributed by atoms with E-state index in [1.54, 1.807) is 6.08 Å². The third-order valence-corrected chi connectivity index (χ3v) is 1.73. The zero-order chi connectivity index (χ0) is 7.56. The second-order valence-electron chi connectivity index (χ2n) is 2.96. The highest BCUT2D eigenvalue weighted by Crippen LogP contribution is 2.18. The Balaban J connectivity index is 2.72. The lowest BCUT2D eigenvalue weighted by Gasteiger charge is -1.97. The molecule has 0 fully saturated rings. The van der Waals surface area contributed by atoms with Crippen molar-refractivity contribution in [3.05, 3.63) is 23.3 Å². The van der Waals surface area contributed by atoms with Gasteiger partial charge in [0.25, 0.3) is 0 Å². The molecule has 0 amide bonds. The first-order valence-corrected chi connectivity index (χ1v) is 3.68. The molecular formula is C9H13F. The molecule has 0 aromatic carbocycles. The van der Waals surface area contributed by atoms with Crippen LogP contribution in [0.1, 0.15) is 26.7 Å². The van der Waals surface area contributed by atoms with Crippen LogP contribution in [0.3, 0.4) is 0 Å². The van der Waals surface area contributed by atoms with Crippen LogP contribution in [0, 0.1) is 0 Å². The van der Waals surface area contributed by atoms with Gasteiger partial charge >= 0.3 is 0 Å². The lowest BCUT2D eigenvalue weighted by atomic mass is 10.1. The molecule has 56 valence electrons. The first kappa shape index (κ1) is 7.52. The molecule has 1 aliphatic carbocycles. The molecule has 1 unspecified atom stereocenters. The monoisotopic (exact) mass is 140 g/mol. The fraction of sp³-hybridized carbons (Fsp3) is 0.556. The summed E-state index contributed by atoms with van der Waals surface area (Å²) in [5.74, 6) is 0. The first-order chi connectivity index (χ1) is 4.68. The summed E-state index contributed by atoms with van der Waals surface area (Å²) in [7, 11) is 0. The standard InChI is InChI=1S/C9H13F/c1-7-3-4-9(10)6-8(2)5-7/h5-6,9H,3-4H2,1-2H3. The van der Waals surface area contributed by atoms with E-state index in [2.05, 4.69) is 13.0 Å². The fourth-order valence-electron chi connectivity index (χ4n) is 1.24. The maximum atomic E-state index is 12.8. The van der Waals surface area contributed by atoms with Crippen molar-refractivity contribution in [3.63, 3.8) is 0 Å². The molecule has 0 bridgehead atoms. The molecule has 10 heavy (non-hydrogen) atoms. The summed E-state index contributed by atoms with van der Waals surface area (Å²) in [5.41, 5.74) is 2.34. The van der Waals surface area contributed by atoms with Gasteiger partial charge in [0.05, 0.1) is 0 Å². The van der Waals surface area contributed by atoms with Crippen molar-refractivity contribution >= 4 is 0 Å². The summed E-state index contributed by atoms with van der Waals surface area (Å²) in [4.78, 5) is 0. The Morgan fingerprint density at radius 2 is 2.20 bits per heavy atom. The van der Waals surface area contributed by atoms with E-state index in [0.29, 0.717) is 6.42 Å². The van der Waals surface area contributed by atoms with Gasteiger partial charge in [-0.05, 0) is 32.8 Å². The quantitative estimate of drug-likeness (QED) is 0.485. The van der Waals surface area contributed by atoms with E-state index in [0.717, 1.165) is 12.0 Å². The van der Waals surface area contributed by atoms with Gasteiger partial charge in [-0.15, -0.1) is 0 Å². The Bertz CT molecular complexity index is 177. The van der Waals surface area contributed by atoms with Crippen LogP contribution in [0.25, 0.3) is 0 Å². The highest BCUT2D eigenvalue weighted by Gasteiger charge is 2.06. The molecular weight excluding hydrogens is 127 g/mol. The van der Waals surface area contributed by atoms with Crippen molar-refractivity contribution in [2.45, 2.75) is 32.9 Å².